The van der Waals surface area contributed by atoms with Gasteiger partial charge in [0.1, 0.15) is 17.3 Å². The number of aromatic nitrogens is 2. The van der Waals surface area contributed by atoms with Gasteiger partial charge in [0.05, 0.1) is 10.6 Å². The second kappa shape index (κ2) is 11.5. The minimum absolute atomic E-state index is 0.0523. The molecule has 35 heavy (non-hydrogen) atoms. The van der Waals surface area contributed by atoms with Gasteiger partial charge in [0.25, 0.3) is 0 Å². The predicted octanol–water partition coefficient (Wildman–Crippen LogP) is 6.02. The lowest BCUT2D eigenvalue weighted by Gasteiger charge is -2.32. The molecule has 0 radical (unpaired) electrons. The van der Waals surface area contributed by atoms with Crippen molar-refractivity contribution in [1.29, 1.82) is 0 Å². The minimum Gasteiger partial charge on any atom is -0.456 e. The monoisotopic (exact) mass is 523 g/mol. The average Bonchev–Trinajstić information content (AvgIpc) is 2.82. The molecule has 1 fully saturated rings. The summed E-state index contributed by atoms with van der Waals surface area (Å²) in [5.74, 6) is 1.82. The van der Waals surface area contributed by atoms with Crippen LogP contribution in [0.4, 0.5) is 24.7 Å². The molecule has 0 spiro atoms. The van der Waals surface area contributed by atoms with E-state index in [0.717, 1.165) is 50.6 Å². The van der Waals surface area contributed by atoms with Gasteiger partial charge in [0.2, 0.25) is 0 Å². The number of thioether (sulfide) groups is 1. The van der Waals surface area contributed by atoms with Crippen LogP contribution in [0, 0.1) is 0 Å². The Hall–Kier alpha value is -2.53. The number of alkyl halides is 3. The molecule has 1 saturated heterocycles. The second-order valence-corrected chi connectivity index (χ2v) is 9.58. The average molecular weight is 524 g/mol. The molecule has 0 unspecified atom stereocenters. The summed E-state index contributed by atoms with van der Waals surface area (Å²) in [7, 11) is 2.14. The molecule has 0 aliphatic carbocycles. The van der Waals surface area contributed by atoms with Gasteiger partial charge in [-0.25, -0.2) is 9.97 Å². The van der Waals surface area contributed by atoms with Gasteiger partial charge in [0, 0.05) is 50.4 Å². The third-order valence-electron chi connectivity index (χ3n) is 5.46. The van der Waals surface area contributed by atoms with Crippen molar-refractivity contribution in [1.82, 2.24) is 19.8 Å². The molecule has 0 bridgehead atoms. The Morgan fingerprint density at radius 3 is 2.63 bits per heavy atom. The summed E-state index contributed by atoms with van der Waals surface area (Å²) < 4.78 is 44.4. The van der Waals surface area contributed by atoms with Crippen LogP contribution in [0.25, 0.3) is 0 Å². The number of halogens is 4. The van der Waals surface area contributed by atoms with Gasteiger partial charge in [-0.05, 0) is 49.5 Å². The molecule has 1 aliphatic rings. The van der Waals surface area contributed by atoms with E-state index in [1.54, 1.807) is 42.2 Å². The summed E-state index contributed by atoms with van der Waals surface area (Å²) in [5.41, 5.74) is -0.121. The number of likely N-dealkylation sites (N-methyl/N-ethyl adjacent to an activating group) is 1. The molecule has 3 aromatic rings. The third-order valence-corrected chi connectivity index (χ3v) is 6.60. The predicted molar refractivity (Wildman–Crippen MR) is 133 cm³/mol. The molecule has 0 atom stereocenters. The van der Waals surface area contributed by atoms with Gasteiger partial charge in [-0.2, -0.15) is 13.2 Å². The fourth-order valence-corrected chi connectivity index (χ4v) is 4.54. The van der Waals surface area contributed by atoms with Gasteiger partial charge >= 0.3 is 6.18 Å². The quantitative estimate of drug-likeness (QED) is 0.286. The SMILES string of the molecule is CN1CCN(CCSc2nccc(Nc3ccc(Oc4cccc(C(F)(F)F)c4)c(Cl)c3)n2)CC1. The van der Waals surface area contributed by atoms with E-state index in [4.69, 9.17) is 16.3 Å². The number of piperazine rings is 1. The molecule has 0 amide bonds. The number of nitrogens with zero attached hydrogens (tertiary/aromatic N) is 4. The van der Waals surface area contributed by atoms with Crippen molar-refractivity contribution in [3.8, 4) is 11.5 Å². The fraction of sp³-hybridized carbons (Fsp3) is 0.333. The normalized spacial score (nSPS) is 15.2. The lowest BCUT2D eigenvalue weighted by Crippen LogP contribution is -2.45. The van der Waals surface area contributed by atoms with Crippen LogP contribution in [0.3, 0.4) is 0 Å². The van der Waals surface area contributed by atoms with Crippen molar-refractivity contribution < 1.29 is 17.9 Å². The van der Waals surface area contributed by atoms with Crippen LogP contribution < -0.4 is 10.1 Å². The molecule has 6 nitrogen and oxygen atoms in total. The first kappa shape index (κ1) is 25.6. The van der Waals surface area contributed by atoms with E-state index in [1.165, 1.54) is 12.1 Å². The summed E-state index contributed by atoms with van der Waals surface area (Å²) in [6.45, 7) is 5.32. The second-order valence-electron chi connectivity index (χ2n) is 8.12. The van der Waals surface area contributed by atoms with Gasteiger partial charge < -0.3 is 15.0 Å². The van der Waals surface area contributed by atoms with E-state index >= 15 is 0 Å². The highest BCUT2D eigenvalue weighted by molar-refractivity contribution is 7.99. The van der Waals surface area contributed by atoms with Crippen LogP contribution in [0.2, 0.25) is 5.02 Å². The molecular weight excluding hydrogens is 499 g/mol. The first-order chi connectivity index (χ1) is 16.8. The Morgan fingerprint density at radius 2 is 1.89 bits per heavy atom. The number of benzene rings is 2. The van der Waals surface area contributed by atoms with Gasteiger partial charge in [-0.15, -0.1) is 0 Å². The molecule has 4 rings (SSSR count). The largest absolute Gasteiger partial charge is 0.456 e. The number of nitrogens with one attached hydrogen (secondary N) is 1. The van der Waals surface area contributed by atoms with Crippen molar-refractivity contribution in [2.45, 2.75) is 11.3 Å². The molecular formula is C24H25ClF3N5OS. The van der Waals surface area contributed by atoms with Crippen molar-refractivity contribution in [3.05, 3.63) is 65.3 Å². The zero-order chi connectivity index (χ0) is 24.8. The topological polar surface area (TPSA) is 53.5 Å². The van der Waals surface area contributed by atoms with Crippen LogP contribution in [-0.4, -0.2) is 65.3 Å². The van der Waals surface area contributed by atoms with Gasteiger partial charge in [-0.1, -0.05) is 29.4 Å². The Labute approximate surface area is 211 Å². The molecule has 186 valence electrons. The summed E-state index contributed by atoms with van der Waals surface area (Å²) >= 11 is 7.93. The summed E-state index contributed by atoms with van der Waals surface area (Å²) in [5, 5.41) is 4.11. The Bertz CT molecular complexity index is 1140. The smallest absolute Gasteiger partial charge is 0.416 e. The van der Waals surface area contributed by atoms with Gasteiger partial charge in [-0.3, -0.25) is 4.90 Å². The minimum atomic E-state index is -4.45. The number of hydrogen-bond donors (Lipinski definition) is 1. The third kappa shape index (κ3) is 7.47. The fourth-order valence-electron chi connectivity index (χ4n) is 3.49. The molecule has 0 saturated carbocycles. The van der Waals surface area contributed by atoms with Crippen molar-refractivity contribution in [2.24, 2.45) is 0 Å². The van der Waals surface area contributed by atoms with Crippen LogP contribution in [-0.2, 0) is 6.18 Å². The lowest BCUT2D eigenvalue weighted by atomic mass is 10.2. The van der Waals surface area contributed by atoms with E-state index in [9.17, 15) is 13.2 Å². The van der Waals surface area contributed by atoms with E-state index in [-0.39, 0.29) is 16.5 Å². The number of hydrogen-bond acceptors (Lipinski definition) is 7. The summed E-state index contributed by atoms with van der Waals surface area (Å²) in [6.07, 6.45) is -2.75. The van der Waals surface area contributed by atoms with Crippen molar-refractivity contribution in [2.75, 3.05) is 50.8 Å². The molecule has 1 N–H and O–H groups in total. The van der Waals surface area contributed by atoms with Crippen molar-refractivity contribution in [3.63, 3.8) is 0 Å². The standard InChI is InChI=1S/C24H25ClF3N5OS/c1-32-9-11-33(12-10-32)13-14-35-23-29-8-7-22(31-23)30-18-5-6-21(20(25)16-18)34-19-4-2-3-17(15-19)24(26,27)28/h2-8,15-16H,9-14H2,1H3,(H,29,30,31). The van der Waals surface area contributed by atoms with Crippen molar-refractivity contribution >= 4 is 34.9 Å². The maximum absolute atomic E-state index is 12.9. The highest BCUT2D eigenvalue weighted by atomic mass is 35.5. The van der Waals surface area contributed by atoms with Crippen LogP contribution in [0.15, 0.2) is 59.9 Å². The zero-order valence-corrected chi connectivity index (χ0v) is 20.6. The number of ether oxygens (including phenoxy) is 1. The first-order valence-electron chi connectivity index (χ1n) is 11.0. The van der Waals surface area contributed by atoms with E-state index in [1.807, 2.05) is 0 Å². The first-order valence-corrected chi connectivity index (χ1v) is 12.4. The molecule has 1 aromatic heterocycles. The Kier molecular flexibility index (Phi) is 8.38. The van der Waals surface area contributed by atoms with Crippen LogP contribution >= 0.6 is 23.4 Å². The van der Waals surface area contributed by atoms with Gasteiger partial charge in [0.15, 0.2) is 5.16 Å². The summed E-state index contributed by atoms with van der Waals surface area (Å²) in [4.78, 5) is 13.7. The van der Waals surface area contributed by atoms with E-state index < -0.39 is 11.7 Å². The zero-order valence-electron chi connectivity index (χ0n) is 19.1. The molecule has 2 aromatic carbocycles. The summed E-state index contributed by atoms with van der Waals surface area (Å²) in [6, 6.07) is 11.4. The molecule has 1 aliphatic heterocycles. The number of anilines is 2. The highest BCUT2D eigenvalue weighted by Crippen LogP contribution is 2.35. The van der Waals surface area contributed by atoms with E-state index in [0.29, 0.717) is 16.7 Å². The molecule has 11 heteroatoms. The van der Waals surface area contributed by atoms with Crippen LogP contribution in [0.5, 0.6) is 11.5 Å². The Morgan fingerprint density at radius 1 is 1.09 bits per heavy atom. The Balaban J connectivity index is 1.34. The lowest BCUT2D eigenvalue weighted by molar-refractivity contribution is -0.137. The van der Waals surface area contributed by atoms with E-state index in [2.05, 4.69) is 32.1 Å². The molecule has 2 heterocycles. The number of rotatable bonds is 8. The van der Waals surface area contributed by atoms with Crippen LogP contribution in [0.1, 0.15) is 5.56 Å². The maximum Gasteiger partial charge on any atom is 0.416 e. The maximum atomic E-state index is 12.9. The highest BCUT2D eigenvalue weighted by Gasteiger charge is 2.30.